The number of nitrogens with two attached hydrogens (primary N) is 2. The second kappa shape index (κ2) is 10.5. The quantitative estimate of drug-likeness (QED) is 0.324. The number of nitrogen functional groups attached to an aromatic ring is 1. The van der Waals surface area contributed by atoms with E-state index in [9.17, 15) is 9.59 Å². The Hall–Kier alpha value is -4.08. The fourth-order valence-corrected chi connectivity index (χ4v) is 4.51. The molecule has 0 radical (unpaired) electrons. The Morgan fingerprint density at radius 1 is 0.743 bits per heavy atom. The second-order valence-corrected chi connectivity index (χ2v) is 8.95. The Bertz CT molecular complexity index is 1100. The molecule has 4 rings (SSSR count). The van der Waals surface area contributed by atoms with E-state index >= 15 is 0 Å². The zero-order valence-electron chi connectivity index (χ0n) is 19.7. The highest BCUT2D eigenvalue weighted by molar-refractivity contribution is 5.98. The molecular weight excluding hydrogens is 444 g/mol. The first-order chi connectivity index (χ1) is 16.8. The number of amidine groups is 1. The molecule has 7 N–H and O–H groups in total. The van der Waals surface area contributed by atoms with Gasteiger partial charge >= 0.3 is 0 Å². The first kappa shape index (κ1) is 24.1. The number of likely N-dealkylation sites (tertiary alicyclic amines) is 1. The third-order valence-electron chi connectivity index (χ3n) is 6.61. The lowest BCUT2D eigenvalue weighted by Gasteiger charge is -2.35. The summed E-state index contributed by atoms with van der Waals surface area (Å²) in [5, 5.41) is 18.5. The molecule has 0 atom stereocenters. The van der Waals surface area contributed by atoms with E-state index in [0.717, 1.165) is 31.6 Å². The fourth-order valence-electron chi connectivity index (χ4n) is 4.51. The first-order valence-electron chi connectivity index (χ1n) is 11.8. The zero-order valence-corrected chi connectivity index (χ0v) is 19.7. The van der Waals surface area contributed by atoms with Crippen LogP contribution in [0.2, 0.25) is 0 Å². The number of carbonyl (C=O) groups is 2. The minimum absolute atomic E-state index is 0.0336. The molecule has 0 bridgehead atoms. The summed E-state index contributed by atoms with van der Waals surface area (Å²) in [6, 6.07) is 14.5. The monoisotopic (exact) mass is 476 g/mol. The molecule has 2 aliphatic heterocycles. The smallest absolute Gasteiger partial charge is 0.254 e. The van der Waals surface area contributed by atoms with Gasteiger partial charge in [0.1, 0.15) is 5.84 Å². The van der Waals surface area contributed by atoms with Crippen molar-refractivity contribution < 1.29 is 9.59 Å². The molecule has 2 aromatic carbocycles. The van der Waals surface area contributed by atoms with Gasteiger partial charge in [0.05, 0.1) is 0 Å². The maximum atomic E-state index is 13.1. The van der Waals surface area contributed by atoms with Crippen molar-refractivity contribution in [3.05, 3.63) is 65.2 Å². The molecule has 0 aliphatic carbocycles. The number of piperidine rings is 1. The van der Waals surface area contributed by atoms with Crippen LogP contribution in [-0.2, 0) is 0 Å². The van der Waals surface area contributed by atoms with Crippen molar-refractivity contribution in [3.8, 4) is 0 Å². The number of rotatable bonds is 5. The van der Waals surface area contributed by atoms with E-state index in [-0.39, 0.29) is 29.7 Å². The van der Waals surface area contributed by atoms with Crippen molar-refractivity contribution in [2.75, 3.05) is 44.6 Å². The maximum absolute atomic E-state index is 13.1. The van der Waals surface area contributed by atoms with Crippen LogP contribution in [0.1, 0.15) is 39.1 Å². The van der Waals surface area contributed by atoms with Gasteiger partial charge in [-0.1, -0.05) is 18.2 Å². The summed E-state index contributed by atoms with van der Waals surface area (Å²) >= 11 is 0. The normalized spacial score (nSPS) is 16.6. The van der Waals surface area contributed by atoms with Crippen molar-refractivity contribution in [1.82, 2.24) is 14.7 Å². The highest BCUT2D eigenvalue weighted by Crippen LogP contribution is 2.19. The molecule has 0 aromatic heterocycles. The summed E-state index contributed by atoms with van der Waals surface area (Å²) in [4.78, 5) is 31.4. The van der Waals surface area contributed by atoms with Crippen LogP contribution >= 0.6 is 0 Å². The molecule has 2 aliphatic rings. The fraction of sp³-hybridized carbons (Fsp3) is 0.360. The third-order valence-corrected chi connectivity index (χ3v) is 6.61. The lowest BCUT2D eigenvalue weighted by molar-refractivity contribution is 0.0535. The first-order valence-corrected chi connectivity index (χ1v) is 11.8. The molecule has 0 saturated carbocycles. The molecule has 0 unspecified atom stereocenters. The Labute approximate surface area is 204 Å². The second-order valence-electron chi connectivity index (χ2n) is 8.95. The lowest BCUT2D eigenvalue weighted by atomic mass is 10.0. The molecule has 2 aromatic rings. The van der Waals surface area contributed by atoms with Crippen LogP contribution in [0.15, 0.2) is 48.5 Å². The Balaban J connectivity index is 1.31. The van der Waals surface area contributed by atoms with Crippen molar-refractivity contribution in [2.24, 2.45) is 11.5 Å². The van der Waals surface area contributed by atoms with E-state index in [1.165, 1.54) is 0 Å². The number of benzene rings is 2. The predicted molar refractivity (Wildman–Crippen MR) is 136 cm³/mol. The van der Waals surface area contributed by atoms with Crippen molar-refractivity contribution in [1.29, 1.82) is 10.8 Å². The number of amides is 2. The van der Waals surface area contributed by atoms with Crippen LogP contribution in [0.4, 0.5) is 5.69 Å². The van der Waals surface area contributed by atoms with Gasteiger partial charge in [0.15, 0.2) is 5.96 Å². The summed E-state index contributed by atoms with van der Waals surface area (Å²) < 4.78 is 0. The minimum atomic E-state index is -0.0887. The molecule has 10 heteroatoms. The summed E-state index contributed by atoms with van der Waals surface area (Å²) in [7, 11) is 0. The highest BCUT2D eigenvalue weighted by atomic mass is 16.2. The number of hydrogen-bond acceptors (Lipinski definition) is 5. The van der Waals surface area contributed by atoms with Gasteiger partial charge in [0.25, 0.3) is 11.8 Å². The van der Waals surface area contributed by atoms with Crippen LogP contribution in [0.5, 0.6) is 0 Å². The largest absolute Gasteiger partial charge is 0.384 e. The zero-order chi connectivity index (χ0) is 24.9. The predicted octanol–water partition coefficient (Wildman–Crippen LogP) is 1.34. The Morgan fingerprint density at radius 3 is 1.83 bits per heavy atom. The summed E-state index contributed by atoms with van der Waals surface area (Å²) in [5.41, 5.74) is 13.7. The SMILES string of the molecule is N=C(N)c1ccc(C(=O)N2CCN(C(=O)c3cccc(NC4CCN(C(=N)N)CC4)c3)CC2)cc1. The lowest BCUT2D eigenvalue weighted by Crippen LogP contribution is -2.50. The molecule has 0 spiro atoms. The van der Waals surface area contributed by atoms with Gasteiger partial charge in [-0.25, -0.2) is 0 Å². The number of anilines is 1. The average Bonchev–Trinajstić information content (AvgIpc) is 2.88. The minimum Gasteiger partial charge on any atom is -0.384 e. The number of carbonyl (C=O) groups excluding carboxylic acids is 2. The molecule has 2 saturated heterocycles. The Morgan fingerprint density at radius 2 is 1.29 bits per heavy atom. The summed E-state index contributed by atoms with van der Waals surface area (Å²) in [6.45, 7) is 3.36. The number of hydrogen-bond donors (Lipinski definition) is 5. The van der Waals surface area contributed by atoms with Gasteiger partial charge < -0.3 is 31.5 Å². The van der Waals surface area contributed by atoms with Gasteiger partial charge in [0.2, 0.25) is 0 Å². The molecule has 2 heterocycles. The van der Waals surface area contributed by atoms with Gasteiger partial charge in [-0.05, 0) is 43.2 Å². The van der Waals surface area contributed by atoms with Gasteiger partial charge in [-0.15, -0.1) is 0 Å². The number of piperazine rings is 1. The van der Waals surface area contributed by atoms with E-state index < -0.39 is 0 Å². The average molecular weight is 477 g/mol. The van der Waals surface area contributed by atoms with Crippen LogP contribution in [0, 0.1) is 10.8 Å². The molecule has 2 fully saturated rings. The van der Waals surface area contributed by atoms with E-state index in [1.807, 2.05) is 29.2 Å². The third kappa shape index (κ3) is 5.71. The number of nitrogens with zero attached hydrogens (tertiary/aromatic N) is 3. The van der Waals surface area contributed by atoms with Crippen LogP contribution in [0.3, 0.4) is 0 Å². The van der Waals surface area contributed by atoms with Crippen molar-refractivity contribution in [3.63, 3.8) is 0 Å². The molecule has 184 valence electrons. The van der Waals surface area contributed by atoms with Crippen LogP contribution < -0.4 is 16.8 Å². The summed E-state index contributed by atoms with van der Waals surface area (Å²) in [6.07, 6.45) is 1.76. The Kier molecular flexibility index (Phi) is 7.19. The van der Waals surface area contributed by atoms with Gasteiger partial charge in [-0.3, -0.25) is 20.4 Å². The topological polar surface area (TPSA) is 156 Å². The van der Waals surface area contributed by atoms with E-state index in [0.29, 0.717) is 42.9 Å². The summed E-state index contributed by atoms with van der Waals surface area (Å²) in [5.74, 6) is -0.0512. The highest BCUT2D eigenvalue weighted by Gasteiger charge is 2.26. The number of guanidine groups is 1. The van der Waals surface area contributed by atoms with E-state index in [2.05, 4.69) is 5.32 Å². The van der Waals surface area contributed by atoms with Gasteiger partial charge in [0, 0.05) is 67.7 Å². The molecule has 35 heavy (non-hydrogen) atoms. The van der Waals surface area contributed by atoms with Crippen LogP contribution in [-0.4, -0.2) is 83.6 Å². The molecule has 10 nitrogen and oxygen atoms in total. The molecular formula is C25H32N8O2. The standard InChI is InChI=1S/C25H32N8O2/c26-22(27)17-4-6-18(7-5-17)23(34)31-12-14-32(15-13-31)24(35)19-2-1-3-21(16-19)30-20-8-10-33(11-9-20)25(28)29/h1-7,16,20,30H,8-15H2,(H3,26,27)(H3,28,29). The van der Waals surface area contributed by atoms with Gasteiger partial charge in [-0.2, -0.15) is 0 Å². The van der Waals surface area contributed by atoms with Crippen molar-refractivity contribution in [2.45, 2.75) is 18.9 Å². The number of nitrogens with one attached hydrogen (secondary N) is 3. The molecule has 2 amide bonds. The van der Waals surface area contributed by atoms with Crippen LogP contribution in [0.25, 0.3) is 0 Å². The maximum Gasteiger partial charge on any atom is 0.254 e. The van der Waals surface area contributed by atoms with E-state index in [1.54, 1.807) is 34.1 Å². The van der Waals surface area contributed by atoms with E-state index in [4.69, 9.17) is 22.3 Å². The van der Waals surface area contributed by atoms with Crippen molar-refractivity contribution >= 4 is 29.3 Å².